The quantitative estimate of drug-likeness (QED) is 0.750. The van der Waals surface area contributed by atoms with E-state index in [0.29, 0.717) is 0 Å². The molecular weight excluding hydrogens is 224 g/mol. The Morgan fingerprint density at radius 2 is 2.11 bits per heavy atom. The van der Waals surface area contributed by atoms with Crippen LogP contribution in [0, 0.1) is 29.6 Å². The zero-order valence-electron chi connectivity index (χ0n) is 9.83. The van der Waals surface area contributed by atoms with Crippen LogP contribution in [-0.2, 0) is 0 Å². The van der Waals surface area contributed by atoms with E-state index in [2.05, 4.69) is 5.10 Å². The third-order valence-corrected chi connectivity index (χ3v) is 2.47. The molecule has 86 valence electrons. The number of nitriles is 2. The van der Waals surface area contributed by atoms with Crippen LogP contribution >= 0.6 is 0 Å². The molecule has 2 rings (SSSR count). The third-order valence-electron chi connectivity index (χ3n) is 2.47. The summed E-state index contributed by atoms with van der Waals surface area (Å²) >= 11 is 0. The number of aryl methyl sites for hydroxylation is 1. The molecule has 0 aliphatic rings. The van der Waals surface area contributed by atoms with Crippen molar-refractivity contribution < 1.29 is 0 Å². The summed E-state index contributed by atoms with van der Waals surface area (Å²) in [7, 11) is 0. The first-order valence-corrected chi connectivity index (χ1v) is 5.37. The first kappa shape index (κ1) is 11.6. The van der Waals surface area contributed by atoms with E-state index in [0.717, 1.165) is 16.8 Å². The zero-order chi connectivity index (χ0) is 13.0. The van der Waals surface area contributed by atoms with Gasteiger partial charge in [-0.3, -0.25) is 0 Å². The summed E-state index contributed by atoms with van der Waals surface area (Å²) in [5.41, 5.74) is 2.78. The molecule has 0 N–H and O–H groups in total. The molecule has 0 radical (unpaired) electrons. The maximum Gasteiger partial charge on any atom is 0.130 e. The van der Waals surface area contributed by atoms with Crippen LogP contribution in [0.4, 0.5) is 0 Å². The summed E-state index contributed by atoms with van der Waals surface area (Å²) in [6, 6.07) is 11.4. The van der Waals surface area contributed by atoms with E-state index in [9.17, 15) is 0 Å². The second kappa shape index (κ2) is 4.99. The minimum absolute atomic E-state index is 0.0778. The summed E-state index contributed by atoms with van der Waals surface area (Å²) < 4.78 is 1.71. The lowest BCUT2D eigenvalue weighted by Gasteiger charge is -2.07. The number of nitrogens with zero attached hydrogens (tertiary/aromatic N) is 4. The van der Waals surface area contributed by atoms with Crippen LogP contribution in [0.1, 0.15) is 11.1 Å². The van der Waals surface area contributed by atoms with Crippen molar-refractivity contribution in [1.82, 2.24) is 9.78 Å². The molecule has 0 saturated carbocycles. The van der Waals surface area contributed by atoms with Crippen LogP contribution < -0.4 is 0 Å². The summed E-state index contributed by atoms with van der Waals surface area (Å²) in [5, 5.41) is 21.8. The summed E-state index contributed by atoms with van der Waals surface area (Å²) in [4.78, 5) is 0. The zero-order valence-corrected chi connectivity index (χ0v) is 9.83. The standard InChI is InChI=1S/C14H10N4/c1-11-3-4-14(18-6-2-5-17-18)13(7-11)8-12(9-15)10-16/h2-8H,1H3. The van der Waals surface area contributed by atoms with Crippen molar-refractivity contribution >= 4 is 6.08 Å². The molecule has 2 aromatic rings. The molecular formula is C14H10N4. The van der Waals surface area contributed by atoms with E-state index in [1.165, 1.54) is 0 Å². The molecule has 0 aliphatic carbocycles. The third kappa shape index (κ3) is 2.28. The van der Waals surface area contributed by atoms with Crippen molar-refractivity contribution in [2.24, 2.45) is 0 Å². The number of benzene rings is 1. The van der Waals surface area contributed by atoms with Crippen molar-refractivity contribution in [3.8, 4) is 17.8 Å². The first-order chi connectivity index (χ1) is 8.74. The molecule has 1 aromatic carbocycles. The topological polar surface area (TPSA) is 65.4 Å². The Hall–Kier alpha value is -2.85. The van der Waals surface area contributed by atoms with Gasteiger partial charge in [0.15, 0.2) is 0 Å². The first-order valence-electron chi connectivity index (χ1n) is 5.37. The number of hydrogen-bond donors (Lipinski definition) is 0. The predicted octanol–water partition coefficient (Wildman–Crippen LogP) is 2.61. The highest BCUT2D eigenvalue weighted by molar-refractivity contribution is 5.68. The maximum atomic E-state index is 8.81. The fourth-order valence-corrected chi connectivity index (χ4v) is 1.65. The maximum absolute atomic E-state index is 8.81. The molecule has 18 heavy (non-hydrogen) atoms. The average Bonchev–Trinajstić information content (AvgIpc) is 2.89. The highest BCUT2D eigenvalue weighted by Gasteiger charge is 2.04. The van der Waals surface area contributed by atoms with Crippen molar-refractivity contribution in [3.05, 3.63) is 53.4 Å². The van der Waals surface area contributed by atoms with Crippen LogP contribution in [0.3, 0.4) is 0 Å². The van der Waals surface area contributed by atoms with Gasteiger partial charge in [-0.1, -0.05) is 11.6 Å². The van der Waals surface area contributed by atoms with Gasteiger partial charge in [0.25, 0.3) is 0 Å². The minimum Gasteiger partial charge on any atom is -0.240 e. The van der Waals surface area contributed by atoms with Gasteiger partial charge in [0.1, 0.15) is 17.7 Å². The fourth-order valence-electron chi connectivity index (χ4n) is 1.65. The molecule has 0 aliphatic heterocycles. The van der Waals surface area contributed by atoms with Crippen molar-refractivity contribution in [2.75, 3.05) is 0 Å². The van der Waals surface area contributed by atoms with Gasteiger partial charge in [0.05, 0.1) is 5.69 Å². The Kier molecular flexibility index (Phi) is 3.22. The fraction of sp³-hybridized carbons (Fsp3) is 0.0714. The van der Waals surface area contributed by atoms with Gasteiger partial charge in [-0.25, -0.2) is 4.68 Å². The van der Waals surface area contributed by atoms with Crippen LogP contribution in [0.2, 0.25) is 0 Å². The lowest BCUT2D eigenvalue weighted by atomic mass is 10.1. The van der Waals surface area contributed by atoms with Gasteiger partial charge in [-0.05, 0) is 31.2 Å². The lowest BCUT2D eigenvalue weighted by Crippen LogP contribution is -1.98. The van der Waals surface area contributed by atoms with Crippen molar-refractivity contribution in [3.63, 3.8) is 0 Å². The van der Waals surface area contributed by atoms with Crippen LogP contribution in [-0.4, -0.2) is 9.78 Å². The second-order valence-electron chi connectivity index (χ2n) is 3.79. The van der Waals surface area contributed by atoms with Crippen molar-refractivity contribution in [1.29, 1.82) is 10.5 Å². The largest absolute Gasteiger partial charge is 0.240 e. The Bertz CT molecular complexity index is 651. The monoisotopic (exact) mass is 234 g/mol. The molecule has 0 bridgehead atoms. The van der Waals surface area contributed by atoms with Crippen molar-refractivity contribution in [2.45, 2.75) is 6.92 Å². The minimum atomic E-state index is 0.0778. The summed E-state index contributed by atoms with van der Waals surface area (Å²) in [5.74, 6) is 0. The molecule has 4 heteroatoms. The Labute approximate surface area is 105 Å². The SMILES string of the molecule is Cc1ccc(-n2cccn2)c(C=C(C#N)C#N)c1. The average molecular weight is 234 g/mol. The molecule has 0 amide bonds. The normalized spacial score (nSPS) is 9.28. The molecule has 0 unspecified atom stereocenters. The van der Waals surface area contributed by atoms with Crippen LogP contribution in [0.5, 0.6) is 0 Å². The Morgan fingerprint density at radius 3 is 2.72 bits per heavy atom. The second-order valence-corrected chi connectivity index (χ2v) is 3.79. The van der Waals surface area contributed by atoms with E-state index < -0.39 is 0 Å². The van der Waals surface area contributed by atoms with E-state index >= 15 is 0 Å². The van der Waals surface area contributed by atoms with Gasteiger partial charge in [-0.2, -0.15) is 15.6 Å². The van der Waals surface area contributed by atoms with E-state index in [-0.39, 0.29) is 5.57 Å². The Morgan fingerprint density at radius 1 is 1.33 bits per heavy atom. The molecule has 1 heterocycles. The van der Waals surface area contributed by atoms with Gasteiger partial charge in [-0.15, -0.1) is 0 Å². The molecule has 0 saturated heterocycles. The highest BCUT2D eigenvalue weighted by Crippen LogP contribution is 2.18. The molecule has 0 atom stereocenters. The van der Waals surface area contributed by atoms with Crippen LogP contribution in [0.25, 0.3) is 11.8 Å². The Balaban J connectivity index is 2.60. The smallest absolute Gasteiger partial charge is 0.130 e. The lowest BCUT2D eigenvalue weighted by molar-refractivity contribution is 0.878. The van der Waals surface area contributed by atoms with E-state index in [4.69, 9.17) is 10.5 Å². The van der Waals surface area contributed by atoms with Crippen LogP contribution in [0.15, 0.2) is 42.2 Å². The molecule has 0 fully saturated rings. The molecule has 0 spiro atoms. The highest BCUT2D eigenvalue weighted by atomic mass is 15.3. The van der Waals surface area contributed by atoms with Gasteiger partial charge in [0.2, 0.25) is 0 Å². The van der Waals surface area contributed by atoms with E-state index in [1.807, 2.05) is 49.5 Å². The summed E-state index contributed by atoms with van der Waals surface area (Å²) in [6.45, 7) is 1.96. The number of allylic oxidation sites excluding steroid dienone is 1. The number of rotatable bonds is 2. The molecule has 1 aromatic heterocycles. The number of hydrogen-bond acceptors (Lipinski definition) is 3. The van der Waals surface area contributed by atoms with E-state index in [1.54, 1.807) is 17.0 Å². The molecule has 4 nitrogen and oxygen atoms in total. The van der Waals surface area contributed by atoms with Gasteiger partial charge >= 0.3 is 0 Å². The predicted molar refractivity (Wildman–Crippen MR) is 67.5 cm³/mol. The summed E-state index contributed by atoms with van der Waals surface area (Å²) in [6.07, 6.45) is 5.08. The van der Waals surface area contributed by atoms with Gasteiger partial charge in [0, 0.05) is 18.0 Å². The van der Waals surface area contributed by atoms with Gasteiger partial charge < -0.3 is 0 Å². The number of aromatic nitrogens is 2.